The Hall–Kier alpha value is -0.620. The summed E-state index contributed by atoms with van der Waals surface area (Å²) in [4.78, 5) is 2.80. The van der Waals surface area contributed by atoms with E-state index in [1.807, 2.05) is 12.1 Å². The van der Waals surface area contributed by atoms with E-state index >= 15 is 0 Å². The summed E-state index contributed by atoms with van der Waals surface area (Å²) in [5.74, 6) is 0. The lowest BCUT2D eigenvalue weighted by Crippen LogP contribution is -2.49. The van der Waals surface area contributed by atoms with Crippen LogP contribution < -0.4 is 5.32 Å². The molecule has 6 heteroatoms. The fourth-order valence-corrected chi connectivity index (χ4v) is 2.83. The second-order valence-electron chi connectivity index (χ2n) is 4.94. The summed E-state index contributed by atoms with van der Waals surface area (Å²) in [5, 5.41) is 3.36. The van der Waals surface area contributed by atoms with Gasteiger partial charge in [-0.3, -0.25) is 4.90 Å². The summed E-state index contributed by atoms with van der Waals surface area (Å²) in [6.07, 6.45) is 1.24. The minimum atomic E-state index is -3.09. The van der Waals surface area contributed by atoms with Crippen molar-refractivity contribution in [1.29, 1.82) is 0 Å². The van der Waals surface area contributed by atoms with E-state index in [0.717, 1.165) is 31.7 Å². The van der Waals surface area contributed by atoms with Gasteiger partial charge in [0.1, 0.15) is 0 Å². The van der Waals surface area contributed by atoms with E-state index in [4.69, 9.17) is 0 Å². The van der Waals surface area contributed by atoms with Gasteiger partial charge in [0, 0.05) is 38.5 Å². The van der Waals surface area contributed by atoms with Crippen molar-refractivity contribution in [2.75, 3.05) is 25.9 Å². The van der Waals surface area contributed by atoms with Gasteiger partial charge >= 0.3 is 0 Å². The molecule has 1 unspecified atom stereocenters. The highest BCUT2D eigenvalue weighted by molar-refractivity contribution is 7.90. The maximum absolute atomic E-state index is 11.4. The lowest BCUT2D eigenvalue weighted by molar-refractivity contribution is 0.165. The standard InChI is InChI=1S/C13H20N2O2S.ClH/c1-11-9-14-7-8-15(11)10-12-3-5-13(6-4-12)18(2,16)17;/h3-6,11,14H,7-10H2,1-2H3;1H. The number of piperazine rings is 1. The number of hydrogen-bond acceptors (Lipinski definition) is 4. The Morgan fingerprint density at radius 3 is 2.47 bits per heavy atom. The van der Waals surface area contributed by atoms with Gasteiger partial charge in [-0.15, -0.1) is 12.4 Å². The Labute approximate surface area is 121 Å². The second kappa shape index (κ2) is 6.70. The van der Waals surface area contributed by atoms with Crippen molar-refractivity contribution < 1.29 is 8.42 Å². The Balaban J connectivity index is 0.00000180. The molecular formula is C13H21ClN2O2S. The van der Waals surface area contributed by atoms with Crippen molar-refractivity contribution >= 4 is 22.2 Å². The molecule has 1 aromatic carbocycles. The van der Waals surface area contributed by atoms with Gasteiger partial charge in [-0.1, -0.05) is 12.1 Å². The van der Waals surface area contributed by atoms with Crippen molar-refractivity contribution in [2.24, 2.45) is 0 Å². The van der Waals surface area contributed by atoms with Crippen LogP contribution in [0.2, 0.25) is 0 Å². The summed E-state index contributed by atoms with van der Waals surface area (Å²) in [6, 6.07) is 7.72. The third kappa shape index (κ3) is 4.45. The highest BCUT2D eigenvalue weighted by Crippen LogP contribution is 2.14. The number of benzene rings is 1. The lowest BCUT2D eigenvalue weighted by atomic mass is 10.1. The summed E-state index contributed by atoms with van der Waals surface area (Å²) in [6.45, 7) is 6.16. The first kappa shape index (κ1) is 16.4. The molecule has 108 valence electrons. The first-order chi connectivity index (χ1) is 8.47. The van der Waals surface area contributed by atoms with Crippen LogP contribution in [0.3, 0.4) is 0 Å². The maximum atomic E-state index is 11.4. The largest absolute Gasteiger partial charge is 0.314 e. The van der Waals surface area contributed by atoms with Crippen LogP contribution in [-0.2, 0) is 16.4 Å². The van der Waals surface area contributed by atoms with Gasteiger partial charge in [-0.05, 0) is 24.6 Å². The van der Waals surface area contributed by atoms with E-state index in [0.29, 0.717) is 10.9 Å². The van der Waals surface area contributed by atoms with Gasteiger partial charge in [0.15, 0.2) is 9.84 Å². The van der Waals surface area contributed by atoms with Gasteiger partial charge in [0.05, 0.1) is 4.90 Å². The predicted octanol–water partition coefficient (Wildman–Crippen LogP) is 1.31. The third-order valence-electron chi connectivity index (χ3n) is 3.38. The molecule has 1 aliphatic heterocycles. The maximum Gasteiger partial charge on any atom is 0.175 e. The predicted molar refractivity (Wildman–Crippen MR) is 79.5 cm³/mol. The number of rotatable bonds is 3. The number of halogens is 1. The van der Waals surface area contributed by atoms with E-state index in [2.05, 4.69) is 17.1 Å². The fraction of sp³-hybridized carbons (Fsp3) is 0.538. The average Bonchev–Trinajstić information content (AvgIpc) is 2.32. The molecule has 1 fully saturated rings. The van der Waals surface area contributed by atoms with Crippen LogP contribution in [0.1, 0.15) is 12.5 Å². The fourth-order valence-electron chi connectivity index (χ4n) is 2.19. The molecule has 1 atom stereocenters. The molecule has 0 aromatic heterocycles. The Morgan fingerprint density at radius 1 is 1.32 bits per heavy atom. The van der Waals surface area contributed by atoms with Crippen LogP contribution in [0.25, 0.3) is 0 Å². The zero-order valence-electron chi connectivity index (χ0n) is 11.3. The zero-order chi connectivity index (χ0) is 13.2. The zero-order valence-corrected chi connectivity index (χ0v) is 12.9. The highest BCUT2D eigenvalue weighted by atomic mass is 35.5. The van der Waals surface area contributed by atoms with Crippen LogP contribution in [0.4, 0.5) is 0 Å². The highest BCUT2D eigenvalue weighted by Gasteiger charge is 2.17. The number of hydrogen-bond donors (Lipinski definition) is 1. The second-order valence-corrected chi connectivity index (χ2v) is 6.96. The monoisotopic (exact) mass is 304 g/mol. The van der Waals surface area contributed by atoms with Crippen LogP contribution in [-0.4, -0.2) is 45.2 Å². The Bertz CT molecular complexity index is 502. The van der Waals surface area contributed by atoms with E-state index in [1.54, 1.807) is 12.1 Å². The van der Waals surface area contributed by atoms with Gasteiger partial charge < -0.3 is 5.32 Å². The molecule has 0 saturated carbocycles. The lowest BCUT2D eigenvalue weighted by Gasteiger charge is -2.33. The molecule has 1 aliphatic rings. The van der Waals surface area contributed by atoms with E-state index in [1.165, 1.54) is 6.26 Å². The van der Waals surface area contributed by atoms with Crippen LogP contribution in [0.5, 0.6) is 0 Å². The molecule has 1 saturated heterocycles. The normalized spacial score (nSPS) is 20.8. The van der Waals surface area contributed by atoms with E-state index in [9.17, 15) is 8.42 Å². The van der Waals surface area contributed by atoms with Crippen molar-refractivity contribution in [1.82, 2.24) is 10.2 Å². The smallest absolute Gasteiger partial charge is 0.175 e. The molecule has 0 radical (unpaired) electrons. The topological polar surface area (TPSA) is 49.4 Å². The molecule has 0 aliphatic carbocycles. The minimum absolute atomic E-state index is 0. The van der Waals surface area contributed by atoms with Gasteiger partial charge in [0.2, 0.25) is 0 Å². The molecule has 0 spiro atoms. The number of nitrogens with one attached hydrogen (secondary N) is 1. The summed E-state index contributed by atoms with van der Waals surface area (Å²) in [7, 11) is -3.09. The summed E-state index contributed by atoms with van der Waals surface area (Å²) >= 11 is 0. The molecule has 2 rings (SSSR count). The molecule has 1 aromatic rings. The van der Waals surface area contributed by atoms with Gasteiger partial charge in [0.25, 0.3) is 0 Å². The van der Waals surface area contributed by atoms with E-state index < -0.39 is 9.84 Å². The minimum Gasteiger partial charge on any atom is -0.314 e. The van der Waals surface area contributed by atoms with Crippen molar-refractivity contribution in [3.63, 3.8) is 0 Å². The third-order valence-corrected chi connectivity index (χ3v) is 4.50. The Kier molecular flexibility index (Phi) is 5.80. The molecule has 4 nitrogen and oxygen atoms in total. The summed E-state index contributed by atoms with van der Waals surface area (Å²) < 4.78 is 22.7. The van der Waals surface area contributed by atoms with E-state index in [-0.39, 0.29) is 12.4 Å². The number of sulfone groups is 1. The molecular weight excluding hydrogens is 284 g/mol. The van der Waals surface area contributed by atoms with Crippen molar-refractivity contribution in [3.05, 3.63) is 29.8 Å². The van der Waals surface area contributed by atoms with Crippen molar-refractivity contribution in [3.8, 4) is 0 Å². The van der Waals surface area contributed by atoms with Crippen LogP contribution >= 0.6 is 12.4 Å². The molecule has 19 heavy (non-hydrogen) atoms. The average molecular weight is 305 g/mol. The summed E-state index contributed by atoms with van der Waals surface area (Å²) in [5.41, 5.74) is 1.16. The SMILES string of the molecule is CC1CNCCN1Cc1ccc(S(C)(=O)=O)cc1.Cl. The van der Waals surface area contributed by atoms with Crippen molar-refractivity contribution in [2.45, 2.75) is 24.4 Å². The molecule has 0 bridgehead atoms. The molecule has 1 N–H and O–H groups in total. The molecule has 1 heterocycles. The molecule has 0 amide bonds. The van der Waals surface area contributed by atoms with Crippen LogP contribution in [0.15, 0.2) is 29.2 Å². The Morgan fingerprint density at radius 2 is 1.95 bits per heavy atom. The first-order valence-electron chi connectivity index (χ1n) is 6.20. The van der Waals surface area contributed by atoms with Crippen LogP contribution in [0, 0.1) is 0 Å². The quantitative estimate of drug-likeness (QED) is 0.915. The van der Waals surface area contributed by atoms with Gasteiger partial charge in [-0.25, -0.2) is 8.42 Å². The number of nitrogens with zero attached hydrogens (tertiary/aromatic N) is 1. The first-order valence-corrected chi connectivity index (χ1v) is 8.10. The van der Waals surface area contributed by atoms with Gasteiger partial charge in [-0.2, -0.15) is 0 Å².